The lowest BCUT2D eigenvalue weighted by molar-refractivity contribution is 0.0991. The Kier molecular flexibility index (Phi) is 5.80. The molecule has 0 radical (unpaired) electrons. The fourth-order valence-corrected chi connectivity index (χ4v) is 2.70. The van der Waals surface area contributed by atoms with Crippen molar-refractivity contribution in [2.24, 2.45) is 7.05 Å². The fraction of sp³-hybridized carbons (Fsp3) is 0.286. The SMILES string of the molecule is CCC(C)c1ccc(OCc2ccc(C(=O)Nc3c(C#N)cnn3C)o2)cc1. The number of anilines is 1. The molecule has 1 atom stereocenters. The Morgan fingerprint density at radius 1 is 1.32 bits per heavy atom. The number of hydrogen-bond acceptors (Lipinski definition) is 5. The molecule has 0 aliphatic rings. The first-order valence-corrected chi connectivity index (χ1v) is 9.06. The monoisotopic (exact) mass is 378 g/mol. The van der Waals surface area contributed by atoms with Gasteiger partial charge in [-0.1, -0.05) is 26.0 Å². The Hall–Kier alpha value is -3.53. The van der Waals surface area contributed by atoms with Crippen molar-refractivity contribution < 1.29 is 13.9 Å². The van der Waals surface area contributed by atoms with Crippen molar-refractivity contribution in [3.8, 4) is 11.8 Å². The van der Waals surface area contributed by atoms with Crippen molar-refractivity contribution in [1.29, 1.82) is 5.26 Å². The smallest absolute Gasteiger partial charge is 0.292 e. The number of nitriles is 1. The van der Waals surface area contributed by atoms with Gasteiger partial charge in [0.15, 0.2) is 5.76 Å². The van der Waals surface area contributed by atoms with Crippen LogP contribution >= 0.6 is 0 Å². The highest BCUT2D eigenvalue weighted by atomic mass is 16.5. The lowest BCUT2D eigenvalue weighted by Crippen LogP contribution is -2.14. The molecule has 2 aromatic heterocycles. The van der Waals surface area contributed by atoms with E-state index in [0.29, 0.717) is 17.5 Å². The van der Waals surface area contributed by atoms with E-state index in [-0.39, 0.29) is 17.9 Å². The Labute approximate surface area is 163 Å². The number of ether oxygens (including phenoxy) is 1. The Morgan fingerprint density at radius 3 is 2.75 bits per heavy atom. The van der Waals surface area contributed by atoms with Gasteiger partial charge in [-0.2, -0.15) is 10.4 Å². The summed E-state index contributed by atoms with van der Waals surface area (Å²) in [6.07, 6.45) is 2.48. The van der Waals surface area contributed by atoms with Gasteiger partial charge < -0.3 is 14.5 Å². The second-order valence-corrected chi connectivity index (χ2v) is 6.53. The fourth-order valence-electron chi connectivity index (χ4n) is 2.70. The van der Waals surface area contributed by atoms with Crippen LogP contribution in [0.1, 0.15) is 53.6 Å². The highest BCUT2D eigenvalue weighted by Gasteiger charge is 2.16. The molecule has 1 unspecified atom stereocenters. The number of nitrogens with one attached hydrogen (secondary N) is 1. The van der Waals surface area contributed by atoms with Gasteiger partial charge in [0.05, 0.1) is 6.20 Å². The molecule has 28 heavy (non-hydrogen) atoms. The molecule has 0 fully saturated rings. The third kappa shape index (κ3) is 4.23. The summed E-state index contributed by atoms with van der Waals surface area (Å²) in [6, 6.07) is 13.2. The summed E-state index contributed by atoms with van der Waals surface area (Å²) in [4.78, 5) is 12.4. The van der Waals surface area contributed by atoms with Crippen LogP contribution in [0.3, 0.4) is 0 Å². The first-order valence-electron chi connectivity index (χ1n) is 9.06. The van der Waals surface area contributed by atoms with Gasteiger partial charge in [0.25, 0.3) is 5.91 Å². The highest BCUT2D eigenvalue weighted by Crippen LogP contribution is 2.22. The number of carbonyl (C=O) groups is 1. The predicted octanol–water partition coefficient (Wildman–Crippen LogP) is 4.23. The van der Waals surface area contributed by atoms with Crippen molar-refractivity contribution in [3.63, 3.8) is 0 Å². The molecule has 3 rings (SSSR count). The minimum atomic E-state index is -0.454. The average molecular weight is 378 g/mol. The first kappa shape index (κ1) is 19.2. The molecule has 2 heterocycles. The zero-order valence-electron chi connectivity index (χ0n) is 16.1. The van der Waals surface area contributed by atoms with Gasteiger partial charge in [-0.15, -0.1) is 0 Å². The van der Waals surface area contributed by atoms with Crippen molar-refractivity contribution in [1.82, 2.24) is 9.78 Å². The van der Waals surface area contributed by atoms with Crippen LogP contribution in [0.2, 0.25) is 0 Å². The van der Waals surface area contributed by atoms with E-state index in [1.165, 1.54) is 16.4 Å². The number of carbonyl (C=O) groups excluding carboxylic acids is 1. The lowest BCUT2D eigenvalue weighted by atomic mass is 9.99. The number of benzene rings is 1. The normalized spacial score (nSPS) is 11.6. The van der Waals surface area contributed by atoms with E-state index in [0.717, 1.165) is 12.2 Å². The Morgan fingerprint density at radius 2 is 2.07 bits per heavy atom. The van der Waals surface area contributed by atoms with Crippen LogP contribution in [0.4, 0.5) is 5.82 Å². The Bertz CT molecular complexity index is 996. The number of aromatic nitrogens is 2. The zero-order chi connectivity index (χ0) is 20.1. The van der Waals surface area contributed by atoms with Gasteiger partial charge in [0, 0.05) is 7.05 Å². The van der Waals surface area contributed by atoms with Crippen molar-refractivity contribution >= 4 is 11.7 Å². The summed E-state index contributed by atoms with van der Waals surface area (Å²) in [5, 5.41) is 15.7. The number of amides is 1. The largest absolute Gasteiger partial charge is 0.486 e. The van der Waals surface area contributed by atoms with Crippen LogP contribution in [0.25, 0.3) is 0 Å². The van der Waals surface area contributed by atoms with E-state index in [4.69, 9.17) is 14.4 Å². The summed E-state index contributed by atoms with van der Waals surface area (Å²) in [5.74, 6) is 1.79. The molecule has 0 saturated heterocycles. The molecular formula is C21H22N4O3. The summed E-state index contributed by atoms with van der Waals surface area (Å²) >= 11 is 0. The van der Waals surface area contributed by atoms with Crippen LogP contribution < -0.4 is 10.1 Å². The zero-order valence-corrected chi connectivity index (χ0v) is 16.1. The molecule has 1 N–H and O–H groups in total. The van der Waals surface area contributed by atoms with Gasteiger partial charge in [-0.25, -0.2) is 0 Å². The number of nitrogens with zero attached hydrogens (tertiary/aromatic N) is 3. The highest BCUT2D eigenvalue weighted by molar-refractivity contribution is 6.02. The minimum Gasteiger partial charge on any atom is -0.486 e. The van der Waals surface area contributed by atoms with E-state index < -0.39 is 5.91 Å². The second kappa shape index (κ2) is 8.44. The van der Waals surface area contributed by atoms with Gasteiger partial charge in [-0.05, 0) is 42.2 Å². The summed E-state index contributed by atoms with van der Waals surface area (Å²) in [6.45, 7) is 4.57. The number of rotatable bonds is 7. The molecular weight excluding hydrogens is 356 g/mol. The maximum atomic E-state index is 12.4. The molecule has 1 aromatic carbocycles. The molecule has 0 spiro atoms. The lowest BCUT2D eigenvalue weighted by Gasteiger charge is -2.10. The van der Waals surface area contributed by atoms with E-state index in [2.05, 4.69) is 36.4 Å². The van der Waals surface area contributed by atoms with Crippen LogP contribution in [-0.4, -0.2) is 15.7 Å². The molecule has 0 saturated carbocycles. The topological polar surface area (TPSA) is 93.1 Å². The summed E-state index contributed by atoms with van der Waals surface area (Å²) in [7, 11) is 1.64. The number of hydrogen-bond donors (Lipinski definition) is 1. The third-order valence-corrected chi connectivity index (χ3v) is 4.62. The standard InChI is InChI=1S/C21H22N4O3/c1-4-14(2)15-5-7-17(8-6-15)27-13-18-9-10-19(28-18)21(26)24-20-16(11-22)12-23-25(20)3/h5-10,12,14H,4,13H2,1-3H3,(H,24,26). The van der Waals surface area contributed by atoms with Gasteiger partial charge in [0.2, 0.25) is 0 Å². The Balaban J connectivity index is 1.60. The average Bonchev–Trinajstić information content (AvgIpc) is 3.33. The molecule has 1 amide bonds. The van der Waals surface area contributed by atoms with E-state index >= 15 is 0 Å². The van der Waals surface area contributed by atoms with Crippen molar-refractivity contribution in [3.05, 3.63) is 65.2 Å². The molecule has 7 nitrogen and oxygen atoms in total. The summed E-state index contributed by atoms with van der Waals surface area (Å²) in [5.41, 5.74) is 1.56. The molecule has 0 bridgehead atoms. The molecule has 0 aliphatic heterocycles. The molecule has 144 valence electrons. The second-order valence-electron chi connectivity index (χ2n) is 6.53. The van der Waals surface area contributed by atoms with Crippen LogP contribution in [-0.2, 0) is 13.7 Å². The summed E-state index contributed by atoms with van der Waals surface area (Å²) < 4.78 is 12.7. The molecule has 0 aliphatic carbocycles. The van der Waals surface area contributed by atoms with Gasteiger partial charge >= 0.3 is 0 Å². The number of furan rings is 1. The predicted molar refractivity (Wildman–Crippen MR) is 104 cm³/mol. The van der Waals surface area contributed by atoms with E-state index in [9.17, 15) is 4.79 Å². The minimum absolute atomic E-state index is 0.135. The quantitative estimate of drug-likeness (QED) is 0.664. The van der Waals surface area contributed by atoms with Crippen LogP contribution in [0.5, 0.6) is 5.75 Å². The van der Waals surface area contributed by atoms with Gasteiger partial charge in [-0.3, -0.25) is 9.48 Å². The van der Waals surface area contributed by atoms with Crippen molar-refractivity contribution in [2.45, 2.75) is 32.8 Å². The maximum absolute atomic E-state index is 12.4. The van der Waals surface area contributed by atoms with Crippen LogP contribution in [0, 0.1) is 11.3 Å². The number of aryl methyl sites for hydroxylation is 1. The maximum Gasteiger partial charge on any atom is 0.292 e. The van der Waals surface area contributed by atoms with E-state index in [1.54, 1.807) is 19.2 Å². The van der Waals surface area contributed by atoms with Crippen molar-refractivity contribution in [2.75, 3.05) is 5.32 Å². The first-order chi connectivity index (χ1) is 13.5. The third-order valence-electron chi connectivity index (χ3n) is 4.62. The van der Waals surface area contributed by atoms with Gasteiger partial charge in [0.1, 0.15) is 35.6 Å². The molecule has 7 heteroatoms. The van der Waals surface area contributed by atoms with Crippen LogP contribution in [0.15, 0.2) is 47.0 Å². The van der Waals surface area contributed by atoms with E-state index in [1.807, 2.05) is 18.2 Å². The molecule has 3 aromatic rings.